The second-order valence-electron chi connectivity index (χ2n) is 5.11. The van der Waals surface area contributed by atoms with Gasteiger partial charge < -0.3 is 0 Å². The van der Waals surface area contributed by atoms with Gasteiger partial charge in [0.25, 0.3) is 5.91 Å². The third kappa shape index (κ3) is 3.07. The van der Waals surface area contributed by atoms with Crippen LogP contribution < -0.4 is 5.32 Å². The van der Waals surface area contributed by atoms with E-state index < -0.39 is 0 Å². The number of nitrogens with zero attached hydrogens (tertiary/aromatic N) is 1. The van der Waals surface area contributed by atoms with Gasteiger partial charge in [0.05, 0.1) is 5.69 Å². The van der Waals surface area contributed by atoms with E-state index in [1.807, 2.05) is 62.4 Å². The third-order valence-corrected chi connectivity index (χ3v) is 4.23. The highest BCUT2D eigenvalue weighted by atomic mass is 32.1. The lowest BCUT2D eigenvalue weighted by Crippen LogP contribution is -2.11. The normalized spacial score (nSPS) is 10.5. The van der Waals surface area contributed by atoms with E-state index >= 15 is 0 Å². The Morgan fingerprint density at radius 3 is 2.55 bits per heavy atom. The zero-order valence-corrected chi connectivity index (χ0v) is 13.3. The number of anilines is 1. The van der Waals surface area contributed by atoms with Gasteiger partial charge in [0.2, 0.25) is 0 Å². The van der Waals surface area contributed by atoms with Crippen LogP contribution >= 0.6 is 11.3 Å². The molecule has 0 saturated heterocycles. The molecule has 2 aromatic carbocycles. The van der Waals surface area contributed by atoms with Crippen LogP contribution in [-0.4, -0.2) is 10.9 Å². The minimum absolute atomic E-state index is 0.128. The first-order valence-corrected chi connectivity index (χ1v) is 7.86. The van der Waals surface area contributed by atoms with Crippen LogP contribution in [0.4, 0.5) is 5.13 Å². The zero-order chi connectivity index (χ0) is 15.5. The molecule has 0 bridgehead atoms. The van der Waals surface area contributed by atoms with Gasteiger partial charge in [-0.3, -0.25) is 10.1 Å². The van der Waals surface area contributed by atoms with E-state index in [1.165, 1.54) is 11.3 Å². The number of amides is 1. The second kappa shape index (κ2) is 6.12. The van der Waals surface area contributed by atoms with Crippen LogP contribution in [0.5, 0.6) is 0 Å². The van der Waals surface area contributed by atoms with Crippen molar-refractivity contribution < 1.29 is 4.79 Å². The Labute approximate surface area is 133 Å². The molecule has 1 amide bonds. The Morgan fingerprint density at radius 2 is 1.82 bits per heavy atom. The van der Waals surface area contributed by atoms with Crippen molar-refractivity contribution in [1.29, 1.82) is 0 Å². The van der Waals surface area contributed by atoms with Crippen LogP contribution in [0.1, 0.15) is 20.8 Å². The van der Waals surface area contributed by atoms with Gasteiger partial charge in [0, 0.05) is 16.0 Å². The fourth-order valence-corrected chi connectivity index (χ4v) is 3.10. The van der Waals surface area contributed by atoms with Crippen molar-refractivity contribution in [2.45, 2.75) is 13.8 Å². The maximum Gasteiger partial charge on any atom is 0.257 e. The smallest absolute Gasteiger partial charge is 0.257 e. The fraction of sp³-hybridized carbons (Fsp3) is 0.111. The molecule has 0 radical (unpaired) electrons. The Bertz CT molecular complexity index is 809. The molecule has 1 N–H and O–H groups in total. The molecule has 0 unspecified atom stereocenters. The lowest BCUT2D eigenvalue weighted by atomic mass is 10.1. The van der Waals surface area contributed by atoms with Gasteiger partial charge in [0.1, 0.15) is 0 Å². The minimum Gasteiger partial charge on any atom is -0.298 e. The molecular weight excluding hydrogens is 292 g/mol. The maximum absolute atomic E-state index is 12.3. The van der Waals surface area contributed by atoms with Gasteiger partial charge in [-0.1, -0.05) is 48.0 Å². The molecule has 0 spiro atoms. The summed E-state index contributed by atoms with van der Waals surface area (Å²) in [4.78, 5) is 17.9. The predicted molar refractivity (Wildman–Crippen MR) is 91.4 cm³/mol. The van der Waals surface area contributed by atoms with Gasteiger partial charge in [-0.15, -0.1) is 11.3 Å². The predicted octanol–water partition coefficient (Wildman–Crippen LogP) is 4.68. The average molecular weight is 308 g/mol. The minimum atomic E-state index is -0.128. The second-order valence-corrected chi connectivity index (χ2v) is 6.32. The molecule has 1 heterocycles. The topological polar surface area (TPSA) is 42.0 Å². The molecule has 110 valence electrons. The molecule has 22 heavy (non-hydrogen) atoms. The summed E-state index contributed by atoms with van der Waals surface area (Å²) in [7, 11) is 0. The molecule has 1 aromatic heterocycles. The number of aryl methyl sites for hydroxylation is 2. The SMILES string of the molecule is Cc1cccc(C(=O)Nc2nc(-c3ccccc3)c(C)s2)c1. The van der Waals surface area contributed by atoms with Crippen molar-refractivity contribution in [3.63, 3.8) is 0 Å². The lowest BCUT2D eigenvalue weighted by Gasteiger charge is -2.02. The molecule has 0 atom stereocenters. The van der Waals surface area contributed by atoms with Crippen LogP contribution in [0.25, 0.3) is 11.3 Å². The van der Waals surface area contributed by atoms with E-state index in [2.05, 4.69) is 10.3 Å². The Balaban J connectivity index is 1.84. The van der Waals surface area contributed by atoms with Gasteiger partial charge in [0.15, 0.2) is 5.13 Å². The summed E-state index contributed by atoms with van der Waals surface area (Å²) in [6, 6.07) is 17.5. The van der Waals surface area contributed by atoms with E-state index in [0.717, 1.165) is 21.7 Å². The number of aromatic nitrogens is 1. The Hall–Kier alpha value is -2.46. The number of rotatable bonds is 3. The Morgan fingerprint density at radius 1 is 1.05 bits per heavy atom. The maximum atomic E-state index is 12.3. The molecule has 0 aliphatic rings. The Kier molecular flexibility index (Phi) is 4.02. The van der Waals surface area contributed by atoms with Crippen molar-refractivity contribution in [3.8, 4) is 11.3 Å². The number of carbonyl (C=O) groups is 1. The summed E-state index contributed by atoms with van der Waals surface area (Å²) in [5.41, 5.74) is 3.69. The number of carbonyl (C=O) groups excluding carboxylic acids is 1. The number of hydrogen-bond donors (Lipinski definition) is 1. The lowest BCUT2D eigenvalue weighted by molar-refractivity contribution is 0.102. The monoisotopic (exact) mass is 308 g/mol. The van der Waals surface area contributed by atoms with Crippen LogP contribution in [0.3, 0.4) is 0 Å². The number of benzene rings is 2. The summed E-state index contributed by atoms with van der Waals surface area (Å²) < 4.78 is 0. The molecule has 0 aliphatic carbocycles. The summed E-state index contributed by atoms with van der Waals surface area (Å²) in [6.45, 7) is 3.99. The van der Waals surface area contributed by atoms with Crippen molar-refractivity contribution in [2.24, 2.45) is 0 Å². The summed E-state index contributed by atoms with van der Waals surface area (Å²) >= 11 is 1.49. The summed E-state index contributed by atoms with van der Waals surface area (Å²) in [6.07, 6.45) is 0. The first-order valence-electron chi connectivity index (χ1n) is 7.04. The molecule has 3 nitrogen and oxygen atoms in total. The summed E-state index contributed by atoms with van der Waals surface area (Å²) in [5.74, 6) is -0.128. The quantitative estimate of drug-likeness (QED) is 0.763. The fourth-order valence-electron chi connectivity index (χ4n) is 2.27. The first-order chi connectivity index (χ1) is 10.6. The highest BCUT2D eigenvalue weighted by Gasteiger charge is 2.13. The van der Waals surface area contributed by atoms with Gasteiger partial charge in [-0.05, 0) is 26.0 Å². The number of hydrogen-bond acceptors (Lipinski definition) is 3. The number of thiazole rings is 1. The number of nitrogens with one attached hydrogen (secondary N) is 1. The van der Waals surface area contributed by atoms with Gasteiger partial charge in [-0.25, -0.2) is 4.98 Å². The van der Waals surface area contributed by atoms with E-state index in [-0.39, 0.29) is 5.91 Å². The van der Waals surface area contributed by atoms with Gasteiger partial charge in [-0.2, -0.15) is 0 Å². The molecule has 3 aromatic rings. The first kappa shape index (κ1) is 14.5. The third-order valence-electron chi connectivity index (χ3n) is 3.34. The van der Waals surface area contributed by atoms with Crippen LogP contribution in [0, 0.1) is 13.8 Å². The van der Waals surface area contributed by atoms with Gasteiger partial charge >= 0.3 is 0 Å². The standard InChI is InChI=1S/C18H16N2OS/c1-12-7-6-10-15(11-12)17(21)20-18-19-16(13(2)22-18)14-8-4-3-5-9-14/h3-11H,1-2H3,(H,19,20,21). The molecule has 0 fully saturated rings. The van der Waals surface area contributed by atoms with E-state index in [1.54, 1.807) is 6.07 Å². The average Bonchev–Trinajstić information content (AvgIpc) is 2.88. The van der Waals surface area contributed by atoms with Crippen molar-refractivity contribution >= 4 is 22.4 Å². The van der Waals surface area contributed by atoms with E-state index in [9.17, 15) is 4.79 Å². The summed E-state index contributed by atoms with van der Waals surface area (Å²) in [5, 5.41) is 3.51. The van der Waals surface area contributed by atoms with Crippen molar-refractivity contribution in [3.05, 3.63) is 70.6 Å². The van der Waals surface area contributed by atoms with Crippen LogP contribution in [0.2, 0.25) is 0 Å². The van der Waals surface area contributed by atoms with Crippen LogP contribution in [0.15, 0.2) is 54.6 Å². The zero-order valence-electron chi connectivity index (χ0n) is 12.5. The van der Waals surface area contributed by atoms with Crippen molar-refractivity contribution in [1.82, 2.24) is 4.98 Å². The largest absolute Gasteiger partial charge is 0.298 e. The van der Waals surface area contributed by atoms with E-state index in [0.29, 0.717) is 10.7 Å². The van der Waals surface area contributed by atoms with Crippen LogP contribution in [-0.2, 0) is 0 Å². The molecule has 4 heteroatoms. The molecular formula is C18H16N2OS. The van der Waals surface area contributed by atoms with Crippen molar-refractivity contribution in [2.75, 3.05) is 5.32 Å². The molecule has 0 aliphatic heterocycles. The molecule has 0 saturated carbocycles. The molecule has 3 rings (SSSR count). The van der Waals surface area contributed by atoms with E-state index in [4.69, 9.17) is 0 Å². The highest BCUT2D eigenvalue weighted by molar-refractivity contribution is 7.16. The highest BCUT2D eigenvalue weighted by Crippen LogP contribution is 2.30.